The average molecular weight is 404 g/mol. The standard InChI is InChI=1S/C21H19F3N2O3/c1-26-17(13-29-18-4-2-3-14(11-18)5-10-20(27)28)12-19(25-26)15-6-8-16(9-7-15)21(22,23)24/h2-4,6-9,11-12H,5,10,13H2,1H3,(H,27,28). The predicted octanol–water partition coefficient (Wildman–Crippen LogP) is 4.70. The van der Waals surface area contributed by atoms with Gasteiger partial charge in [0.1, 0.15) is 12.4 Å². The summed E-state index contributed by atoms with van der Waals surface area (Å²) in [6.07, 6.45) is -3.92. The Bertz CT molecular complexity index is 995. The number of benzene rings is 2. The van der Waals surface area contributed by atoms with Crippen molar-refractivity contribution in [1.29, 1.82) is 0 Å². The van der Waals surface area contributed by atoms with Crippen LogP contribution in [0.4, 0.5) is 13.2 Å². The summed E-state index contributed by atoms with van der Waals surface area (Å²) in [5.41, 5.74) is 2.03. The molecule has 0 saturated carbocycles. The maximum absolute atomic E-state index is 12.7. The van der Waals surface area contributed by atoms with E-state index >= 15 is 0 Å². The van der Waals surface area contributed by atoms with Crippen LogP contribution in [0.5, 0.6) is 5.75 Å². The molecule has 0 fully saturated rings. The zero-order valence-corrected chi connectivity index (χ0v) is 15.6. The van der Waals surface area contributed by atoms with Crippen molar-refractivity contribution in [2.24, 2.45) is 7.05 Å². The molecule has 1 heterocycles. The van der Waals surface area contributed by atoms with Gasteiger partial charge < -0.3 is 9.84 Å². The normalized spacial score (nSPS) is 11.4. The van der Waals surface area contributed by atoms with E-state index in [2.05, 4.69) is 5.10 Å². The van der Waals surface area contributed by atoms with Crippen LogP contribution in [-0.4, -0.2) is 20.9 Å². The van der Waals surface area contributed by atoms with E-state index in [9.17, 15) is 18.0 Å². The summed E-state index contributed by atoms with van der Waals surface area (Å²) in [6, 6.07) is 13.8. The summed E-state index contributed by atoms with van der Waals surface area (Å²) >= 11 is 0. The molecule has 1 aromatic heterocycles. The number of rotatable bonds is 7. The molecule has 3 aromatic rings. The molecule has 0 spiro atoms. The van der Waals surface area contributed by atoms with Gasteiger partial charge in [0.05, 0.1) is 17.0 Å². The zero-order chi connectivity index (χ0) is 21.0. The lowest BCUT2D eigenvalue weighted by molar-refractivity contribution is -0.138. The third-order valence-electron chi connectivity index (χ3n) is 4.40. The fraction of sp³-hybridized carbons (Fsp3) is 0.238. The van der Waals surface area contributed by atoms with Gasteiger partial charge in [0.25, 0.3) is 0 Å². The number of carboxylic acid groups (broad SMARTS) is 1. The maximum atomic E-state index is 12.7. The van der Waals surface area contributed by atoms with Crippen molar-refractivity contribution in [2.75, 3.05) is 0 Å². The fourth-order valence-electron chi connectivity index (χ4n) is 2.81. The Morgan fingerprint density at radius 1 is 1.14 bits per heavy atom. The molecule has 8 heteroatoms. The van der Waals surface area contributed by atoms with E-state index in [4.69, 9.17) is 9.84 Å². The lowest BCUT2D eigenvalue weighted by atomic mass is 10.1. The Morgan fingerprint density at radius 2 is 1.86 bits per heavy atom. The minimum Gasteiger partial charge on any atom is -0.487 e. The maximum Gasteiger partial charge on any atom is 0.416 e. The highest BCUT2D eigenvalue weighted by Crippen LogP contribution is 2.31. The molecule has 0 aliphatic carbocycles. The number of aromatic nitrogens is 2. The molecule has 0 aliphatic heterocycles. The number of aryl methyl sites for hydroxylation is 2. The lowest BCUT2D eigenvalue weighted by Crippen LogP contribution is -2.04. The number of aliphatic carboxylic acids is 1. The first-order chi connectivity index (χ1) is 13.7. The third kappa shape index (κ3) is 5.37. The van der Waals surface area contributed by atoms with Gasteiger partial charge in [0, 0.05) is 19.0 Å². The van der Waals surface area contributed by atoms with Gasteiger partial charge in [-0.05, 0) is 42.3 Å². The van der Waals surface area contributed by atoms with Crippen molar-refractivity contribution in [2.45, 2.75) is 25.6 Å². The van der Waals surface area contributed by atoms with Crippen LogP contribution in [0.3, 0.4) is 0 Å². The summed E-state index contributed by atoms with van der Waals surface area (Å²) in [7, 11) is 1.73. The Kier molecular flexibility index (Phi) is 5.91. The third-order valence-corrected chi connectivity index (χ3v) is 4.40. The molecule has 3 rings (SSSR count). The largest absolute Gasteiger partial charge is 0.487 e. The molecular formula is C21H19F3N2O3. The number of carboxylic acids is 1. The number of hydrogen-bond donors (Lipinski definition) is 1. The van der Waals surface area contributed by atoms with E-state index in [1.165, 1.54) is 12.1 Å². The van der Waals surface area contributed by atoms with Gasteiger partial charge in [-0.25, -0.2) is 0 Å². The van der Waals surface area contributed by atoms with Crippen molar-refractivity contribution in [3.05, 3.63) is 71.4 Å². The minimum atomic E-state index is -4.37. The average Bonchev–Trinajstić information content (AvgIpc) is 3.05. The molecule has 29 heavy (non-hydrogen) atoms. The van der Waals surface area contributed by atoms with Crippen LogP contribution in [-0.2, 0) is 31.0 Å². The molecule has 2 aromatic carbocycles. The smallest absolute Gasteiger partial charge is 0.416 e. The molecule has 0 unspecified atom stereocenters. The van der Waals surface area contributed by atoms with Gasteiger partial charge in [-0.1, -0.05) is 24.3 Å². The summed E-state index contributed by atoms with van der Waals surface area (Å²) in [5.74, 6) is -0.257. The second kappa shape index (κ2) is 8.38. The first kappa shape index (κ1) is 20.4. The molecule has 0 saturated heterocycles. The SMILES string of the molecule is Cn1nc(-c2ccc(C(F)(F)F)cc2)cc1COc1cccc(CCC(=O)O)c1. The van der Waals surface area contributed by atoms with Crippen LogP contribution in [0.15, 0.2) is 54.6 Å². The minimum absolute atomic E-state index is 0.0433. The summed E-state index contributed by atoms with van der Waals surface area (Å²) in [6.45, 7) is 0.215. The van der Waals surface area contributed by atoms with E-state index in [-0.39, 0.29) is 13.0 Å². The molecule has 5 nitrogen and oxygen atoms in total. The van der Waals surface area contributed by atoms with E-state index < -0.39 is 17.7 Å². The van der Waals surface area contributed by atoms with Crippen LogP contribution in [0.25, 0.3) is 11.3 Å². The lowest BCUT2D eigenvalue weighted by Gasteiger charge is -2.08. The van der Waals surface area contributed by atoms with Gasteiger partial charge >= 0.3 is 12.1 Å². The van der Waals surface area contributed by atoms with Gasteiger partial charge in [0.15, 0.2) is 0 Å². The quantitative estimate of drug-likeness (QED) is 0.620. The van der Waals surface area contributed by atoms with Crippen LogP contribution < -0.4 is 4.74 Å². The zero-order valence-electron chi connectivity index (χ0n) is 15.6. The van der Waals surface area contributed by atoms with Crippen molar-refractivity contribution in [1.82, 2.24) is 9.78 Å². The molecule has 1 N–H and O–H groups in total. The Morgan fingerprint density at radius 3 is 2.52 bits per heavy atom. The number of alkyl halides is 3. The van der Waals surface area contributed by atoms with Gasteiger partial charge in [-0.3, -0.25) is 9.48 Å². The highest BCUT2D eigenvalue weighted by molar-refractivity contribution is 5.67. The van der Waals surface area contributed by atoms with Crippen molar-refractivity contribution < 1.29 is 27.8 Å². The molecule has 0 aliphatic rings. The molecule has 0 amide bonds. The summed E-state index contributed by atoms with van der Waals surface area (Å²) < 4.78 is 45.5. The molecule has 0 bridgehead atoms. The Hall–Kier alpha value is -3.29. The first-order valence-corrected chi connectivity index (χ1v) is 8.86. The monoisotopic (exact) mass is 404 g/mol. The van der Waals surface area contributed by atoms with Crippen LogP contribution in [0, 0.1) is 0 Å². The number of carbonyl (C=O) groups is 1. The predicted molar refractivity (Wildman–Crippen MR) is 100 cm³/mol. The summed E-state index contributed by atoms with van der Waals surface area (Å²) in [5, 5.41) is 13.1. The van der Waals surface area contributed by atoms with E-state index in [0.717, 1.165) is 23.4 Å². The Labute approximate surface area is 165 Å². The van der Waals surface area contributed by atoms with Crippen LogP contribution in [0.1, 0.15) is 23.2 Å². The van der Waals surface area contributed by atoms with Gasteiger partial charge in [-0.2, -0.15) is 18.3 Å². The number of hydrogen-bond acceptors (Lipinski definition) is 3. The number of ether oxygens (including phenoxy) is 1. The summed E-state index contributed by atoms with van der Waals surface area (Å²) in [4.78, 5) is 10.7. The second-order valence-corrected chi connectivity index (χ2v) is 6.55. The van der Waals surface area contributed by atoms with E-state index in [1.807, 2.05) is 6.07 Å². The second-order valence-electron chi connectivity index (χ2n) is 6.55. The highest BCUT2D eigenvalue weighted by Gasteiger charge is 2.30. The Balaban J connectivity index is 1.68. The van der Waals surface area contributed by atoms with E-state index in [0.29, 0.717) is 23.4 Å². The molecular weight excluding hydrogens is 385 g/mol. The van der Waals surface area contributed by atoms with Crippen LogP contribution >= 0.6 is 0 Å². The van der Waals surface area contributed by atoms with Crippen molar-refractivity contribution in [3.8, 4) is 17.0 Å². The topological polar surface area (TPSA) is 64.4 Å². The molecule has 152 valence electrons. The highest BCUT2D eigenvalue weighted by atomic mass is 19.4. The number of nitrogens with zero attached hydrogens (tertiary/aromatic N) is 2. The van der Waals surface area contributed by atoms with Gasteiger partial charge in [0.2, 0.25) is 0 Å². The first-order valence-electron chi connectivity index (χ1n) is 8.86. The molecule has 0 radical (unpaired) electrons. The van der Waals surface area contributed by atoms with Crippen molar-refractivity contribution >= 4 is 5.97 Å². The fourth-order valence-corrected chi connectivity index (χ4v) is 2.81. The van der Waals surface area contributed by atoms with E-state index in [1.54, 1.807) is 36.0 Å². The van der Waals surface area contributed by atoms with Crippen molar-refractivity contribution in [3.63, 3.8) is 0 Å². The number of halogens is 3. The van der Waals surface area contributed by atoms with Gasteiger partial charge in [-0.15, -0.1) is 0 Å². The van der Waals surface area contributed by atoms with Crippen LogP contribution in [0.2, 0.25) is 0 Å². The molecule has 0 atom stereocenters.